The Hall–Kier alpha value is -1.35. The van der Waals surface area contributed by atoms with E-state index in [1.54, 1.807) is 7.05 Å². The van der Waals surface area contributed by atoms with Gasteiger partial charge >= 0.3 is 6.18 Å². The Morgan fingerprint density at radius 3 is 2.82 bits per heavy atom. The Balaban J connectivity index is 1.65. The van der Waals surface area contributed by atoms with Gasteiger partial charge in [0.15, 0.2) is 11.7 Å². The fourth-order valence-corrected chi connectivity index (χ4v) is 2.42. The minimum Gasteiger partial charge on any atom is -0.379 e. The summed E-state index contributed by atoms with van der Waals surface area (Å²) < 4.78 is 42.8. The summed E-state index contributed by atoms with van der Waals surface area (Å²) in [6.07, 6.45) is -1.89. The van der Waals surface area contributed by atoms with Crippen LogP contribution in [0, 0.1) is 5.92 Å². The first-order chi connectivity index (χ1) is 10.5. The predicted octanol–water partition coefficient (Wildman–Crippen LogP) is 2.25. The fraction of sp³-hybridized carbons (Fsp3) is 0.692. The molecule has 0 radical (unpaired) electrons. The number of rotatable bonds is 7. The zero-order valence-corrected chi connectivity index (χ0v) is 13.1. The molecule has 1 aromatic rings. The highest BCUT2D eigenvalue weighted by Gasteiger charge is 2.33. The minimum absolute atomic E-state index is 0.198. The molecular weight excluding hydrogens is 317 g/mol. The summed E-state index contributed by atoms with van der Waals surface area (Å²) in [5, 5.41) is 7.34. The van der Waals surface area contributed by atoms with E-state index in [0.717, 1.165) is 29.2 Å². The second-order valence-corrected chi connectivity index (χ2v) is 5.94. The lowest BCUT2D eigenvalue weighted by Crippen LogP contribution is -2.38. The van der Waals surface area contributed by atoms with Crippen molar-refractivity contribution in [1.82, 2.24) is 15.6 Å². The Kier molecular flexibility index (Phi) is 6.01. The normalized spacial score (nSPS) is 15.9. The highest BCUT2D eigenvalue weighted by molar-refractivity contribution is 7.09. The lowest BCUT2D eigenvalue weighted by Gasteiger charge is -2.11. The van der Waals surface area contributed by atoms with E-state index in [1.165, 1.54) is 12.8 Å². The number of nitrogens with zero attached hydrogens (tertiary/aromatic N) is 2. The van der Waals surface area contributed by atoms with Crippen molar-refractivity contribution in [3.63, 3.8) is 0 Å². The van der Waals surface area contributed by atoms with Crippen molar-refractivity contribution in [3.8, 4) is 0 Å². The van der Waals surface area contributed by atoms with Gasteiger partial charge < -0.3 is 15.4 Å². The van der Waals surface area contributed by atoms with E-state index >= 15 is 0 Å². The monoisotopic (exact) mass is 336 g/mol. The second-order valence-electron chi connectivity index (χ2n) is 5.00. The Morgan fingerprint density at radius 2 is 2.23 bits per heavy atom. The fourth-order valence-electron chi connectivity index (χ4n) is 1.68. The average Bonchev–Trinajstić information content (AvgIpc) is 3.15. The van der Waals surface area contributed by atoms with E-state index in [1.807, 2.05) is 0 Å². The molecule has 0 amide bonds. The molecule has 0 bridgehead atoms. The SMILES string of the molecule is CN=C(NCCOCC1CC1)NCc1nc(C(F)(F)F)cs1. The number of hydrogen-bond donors (Lipinski definition) is 2. The second kappa shape index (κ2) is 7.77. The topological polar surface area (TPSA) is 58.5 Å². The van der Waals surface area contributed by atoms with Gasteiger partial charge in [-0.2, -0.15) is 13.2 Å². The lowest BCUT2D eigenvalue weighted by atomic mass is 10.5. The van der Waals surface area contributed by atoms with Crippen molar-refractivity contribution in [2.75, 3.05) is 26.8 Å². The zero-order chi connectivity index (χ0) is 16.0. The standard InChI is InChI=1S/C13H19F3N4OS/c1-17-12(18-4-5-21-7-9-2-3-9)19-6-11-20-10(8-22-11)13(14,15)16/h8-9H,2-7H2,1H3,(H2,17,18,19). The number of halogens is 3. The van der Waals surface area contributed by atoms with Crippen molar-refractivity contribution in [2.24, 2.45) is 10.9 Å². The quantitative estimate of drug-likeness (QED) is 0.456. The van der Waals surface area contributed by atoms with Gasteiger partial charge in [-0.15, -0.1) is 11.3 Å². The van der Waals surface area contributed by atoms with Crippen molar-refractivity contribution >= 4 is 17.3 Å². The van der Waals surface area contributed by atoms with E-state index < -0.39 is 11.9 Å². The zero-order valence-electron chi connectivity index (χ0n) is 12.2. The molecule has 1 heterocycles. The van der Waals surface area contributed by atoms with Crippen LogP contribution in [-0.2, 0) is 17.5 Å². The van der Waals surface area contributed by atoms with Crippen molar-refractivity contribution in [1.29, 1.82) is 0 Å². The Morgan fingerprint density at radius 1 is 1.45 bits per heavy atom. The van der Waals surface area contributed by atoms with Crippen LogP contribution in [-0.4, -0.2) is 37.7 Å². The number of thiazole rings is 1. The number of aliphatic imine (C=N–C) groups is 1. The van der Waals surface area contributed by atoms with Crippen LogP contribution in [0.5, 0.6) is 0 Å². The summed E-state index contributed by atoms with van der Waals surface area (Å²) >= 11 is 0.970. The number of aromatic nitrogens is 1. The molecule has 1 aliphatic rings. The van der Waals surface area contributed by atoms with Crippen LogP contribution < -0.4 is 10.6 Å². The molecule has 0 aromatic carbocycles. The molecule has 0 spiro atoms. The molecule has 1 saturated carbocycles. The van der Waals surface area contributed by atoms with Crippen LogP contribution >= 0.6 is 11.3 Å². The third-order valence-corrected chi connectivity index (χ3v) is 3.91. The molecule has 0 atom stereocenters. The maximum absolute atomic E-state index is 12.4. The van der Waals surface area contributed by atoms with Gasteiger partial charge in [-0.25, -0.2) is 4.98 Å². The van der Waals surface area contributed by atoms with Gasteiger partial charge in [0, 0.05) is 25.6 Å². The van der Waals surface area contributed by atoms with Gasteiger partial charge in [0.05, 0.1) is 13.2 Å². The molecule has 124 valence electrons. The maximum Gasteiger partial charge on any atom is 0.434 e. The summed E-state index contributed by atoms with van der Waals surface area (Å²) in [6.45, 7) is 2.17. The maximum atomic E-state index is 12.4. The van der Waals surface area contributed by atoms with Crippen LogP contribution in [0.25, 0.3) is 0 Å². The summed E-state index contributed by atoms with van der Waals surface area (Å²) in [6, 6.07) is 0. The van der Waals surface area contributed by atoms with Crippen molar-refractivity contribution in [2.45, 2.75) is 25.6 Å². The molecular formula is C13H19F3N4OS. The molecule has 5 nitrogen and oxygen atoms in total. The predicted molar refractivity (Wildman–Crippen MR) is 78.9 cm³/mol. The van der Waals surface area contributed by atoms with Crippen LogP contribution in [0.15, 0.2) is 10.4 Å². The molecule has 2 N–H and O–H groups in total. The Labute approximate surface area is 131 Å². The molecule has 0 unspecified atom stereocenters. The molecule has 2 rings (SSSR count). The summed E-state index contributed by atoms with van der Waals surface area (Å²) in [5.74, 6) is 1.24. The molecule has 1 aliphatic carbocycles. The number of guanidine groups is 1. The number of ether oxygens (including phenoxy) is 1. The van der Waals surface area contributed by atoms with E-state index in [0.29, 0.717) is 24.1 Å². The Bertz CT molecular complexity index is 500. The first-order valence-electron chi connectivity index (χ1n) is 7.03. The minimum atomic E-state index is -4.40. The molecule has 9 heteroatoms. The summed E-state index contributed by atoms with van der Waals surface area (Å²) in [4.78, 5) is 7.54. The lowest BCUT2D eigenvalue weighted by molar-refractivity contribution is -0.140. The third-order valence-electron chi connectivity index (χ3n) is 3.06. The third kappa shape index (κ3) is 5.80. The van der Waals surface area contributed by atoms with Gasteiger partial charge in [-0.05, 0) is 18.8 Å². The highest BCUT2D eigenvalue weighted by atomic mass is 32.1. The molecule has 0 aliphatic heterocycles. The largest absolute Gasteiger partial charge is 0.434 e. The highest BCUT2D eigenvalue weighted by Crippen LogP contribution is 2.30. The van der Waals surface area contributed by atoms with E-state index in [9.17, 15) is 13.2 Å². The van der Waals surface area contributed by atoms with E-state index in [4.69, 9.17) is 4.74 Å². The first-order valence-corrected chi connectivity index (χ1v) is 7.91. The van der Waals surface area contributed by atoms with Gasteiger partial charge in [0.1, 0.15) is 5.01 Å². The van der Waals surface area contributed by atoms with Crippen LogP contribution in [0.1, 0.15) is 23.5 Å². The van der Waals surface area contributed by atoms with Crippen molar-refractivity contribution in [3.05, 3.63) is 16.1 Å². The summed E-state index contributed by atoms with van der Waals surface area (Å²) in [5.41, 5.74) is -0.856. The van der Waals surface area contributed by atoms with Gasteiger partial charge in [-0.3, -0.25) is 4.99 Å². The number of alkyl halides is 3. The average molecular weight is 336 g/mol. The van der Waals surface area contributed by atoms with Gasteiger partial charge in [0.25, 0.3) is 0 Å². The van der Waals surface area contributed by atoms with E-state index in [2.05, 4.69) is 20.6 Å². The smallest absolute Gasteiger partial charge is 0.379 e. The van der Waals surface area contributed by atoms with Gasteiger partial charge in [0.2, 0.25) is 0 Å². The van der Waals surface area contributed by atoms with Crippen LogP contribution in [0.4, 0.5) is 13.2 Å². The van der Waals surface area contributed by atoms with Gasteiger partial charge in [-0.1, -0.05) is 0 Å². The molecule has 22 heavy (non-hydrogen) atoms. The van der Waals surface area contributed by atoms with E-state index in [-0.39, 0.29) is 6.54 Å². The summed E-state index contributed by atoms with van der Waals surface area (Å²) in [7, 11) is 1.60. The molecule has 1 fully saturated rings. The van der Waals surface area contributed by atoms with Crippen molar-refractivity contribution < 1.29 is 17.9 Å². The van der Waals surface area contributed by atoms with Crippen LogP contribution in [0.2, 0.25) is 0 Å². The molecule has 1 aromatic heterocycles. The number of nitrogens with one attached hydrogen (secondary N) is 2. The number of hydrogen-bond acceptors (Lipinski definition) is 4. The molecule has 0 saturated heterocycles. The van der Waals surface area contributed by atoms with Crippen LogP contribution in [0.3, 0.4) is 0 Å². The first kappa shape index (κ1) is 17.0.